The van der Waals surface area contributed by atoms with Crippen molar-refractivity contribution < 1.29 is 22.7 Å². The molecule has 2 aromatic heterocycles. The Kier molecular flexibility index (Phi) is 6.04. The molecule has 7 nitrogen and oxygen atoms in total. The molecule has 5 aromatic rings. The van der Waals surface area contributed by atoms with E-state index >= 15 is 0 Å². The van der Waals surface area contributed by atoms with E-state index in [2.05, 4.69) is 15.4 Å². The molecule has 0 aliphatic heterocycles. The lowest BCUT2D eigenvalue weighted by Crippen LogP contribution is -2.10. The number of ether oxygens (including phenoxy) is 1. The van der Waals surface area contributed by atoms with Gasteiger partial charge in [0, 0.05) is 11.3 Å². The van der Waals surface area contributed by atoms with E-state index in [0.717, 1.165) is 5.56 Å². The molecule has 1 amide bonds. The molecule has 0 fully saturated rings. The number of anilines is 1. The van der Waals surface area contributed by atoms with Crippen molar-refractivity contribution in [2.75, 3.05) is 5.32 Å². The molecule has 0 unspecified atom stereocenters. The molecule has 174 valence electrons. The summed E-state index contributed by atoms with van der Waals surface area (Å²) in [6, 6.07) is 22.0. The molecule has 3 aromatic carbocycles. The van der Waals surface area contributed by atoms with Gasteiger partial charge in [-0.2, -0.15) is 4.98 Å². The highest BCUT2D eigenvalue weighted by Gasteiger charge is 2.16. The summed E-state index contributed by atoms with van der Waals surface area (Å²) in [5.74, 6) is -0.566. The number of carbonyl (C=O) groups excluding carboxylic acids is 1. The molecule has 35 heavy (non-hydrogen) atoms. The van der Waals surface area contributed by atoms with E-state index < -0.39 is 5.82 Å². The van der Waals surface area contributed by atoms with Crippen LogP contribution in [0.3, 0.4) is 0 Å². The third-order valence-electron chi connectivity index (χ3n) is 5.07. The van der Waals surface area contributed by atoms with Gasteiger partial charge in [-0.3, -0.25) is 4.79 Å². The van der Waals surface area contributed by atoms with Crippen molar-refractivity contribution in [3.63, 3.8) is 0 Å². The highest BCUT2D eigenvalue weighted by atomic mass is 19.1. The van der Waals surface area contributed by atoms with Crippen LogP contribution in [-0.2, 0) is 6.61 Å². The zero-order valence-electron chi connectivity index (χ0n) is 18.2. The van der Waals surface area contributed by atoms with Gasteiger partial charge >= 0.3 is 6.01 Å². The zero-order chi connectivity index (χ0) is 24.2. The molecule has 5 rings (SSSR count). The average molecular weight is 472 g/mol. The van der Waals surface area contributed by atoms with E-state index in [1.165, 1.54) is 35.2 Å². The molecule has 0 atom stereocenters. The van der Waals surface area contributed by atoms with Gasteiger partial charge in [0.1, 0.15) is 18.2 Å². The number of aromatic nitrogens is 3. The van der Waals surface area contributed by atoms with Gasteiger partial charge in [-0.1, -0.05) is 24.3 Å². The minimum absolute atomic E-state index is 0.0729. The zero-order valence-corrected chi connectivity index (χ0v) is 18.2. The van der Waals surface area contributed by atoms with Gasteiger partial charge in [0.25, 0.3) is 5.91 Å². The van der Waals surface area contributed by atoms with Crippen LogP contribution in [0.25, 0.3) is 17.1 Å². The van der Waals surface area contributed by atoms with Crippen molar-refractivity contribution >= 4 is 11.6 Å². The summed E-state index contributed by atoms with van der Waals surface area (Å²) in [5, 5.41) is 7.18. The Morgan fingerprint density at radius 2 is 1.74 bits per heavy atom. The summed E-state index contributed by atoms with van der Waals surface area (Å²) >= 11 is 0. The molecule has 9 heteroatoms. The van der Waals surface area contributed by atoms with Crippen LogP contribution in [-0.4, -0.2) is 20.7 Å². The smallest absolute Gasteiger partial charge is 0.336 e. The third kappa shape index (κ3) is 5.09. The van der Waals surface area contributed by atoms with Crippen LogP contribution in [0.2, 0.25) is 0 Å². The second kappa shape index (κ2) is 9.60. The van der Waals surface area contributed by atoms with E-state index in [9.17, 15) is 13.6 Å². The van der Waals surface area contributed by atoms with Crippen LogP contribution in [0.1, 0.15) is 16.1 Å². The van der Waals surface area contributed by atoms with Crippen LogP contribution in [0.15, 0.2) is 95.6 Å². The van der Waals surface area contributed by atoms with Crippen molar-refractivity contribution in [2.24, 2.45) is 0 Å². The lowest BCUT2D eigenvalue weighted by atomic mass is 10.2. The molecule has 1 N–H and O–H groups in total. The number of amides is 1. The molecule has 0 aliphatic rings. The van der Waals surface area contributed by atoms with Gasteiger partial charge in [-0.25, -0.2) is 13.5 Å². The second-order valence-corrected chi connectivity index (χ2v) is 7.53. The molecule has 0 saturated heterocycles. The molecular formula is C26H18F2N4O3. The number of hydrogen-bond donors (Lipinski definition) is 1. The van der Waals surface area contributed by atoms with Gasteiger partial charge in [-0.05, 0) is 66.2 Å². The fourth-order valence-electron chi connectivity index (χ4n) is 3.36. The van der Waals surface area contributed by atoms with Crippen LogP contribution >= 0.6 is 0 Å². The Hall–Kier alpha value is -4.79. The van der Waals surface area contributed by atoms with Crippen molar-refractivity contribution in [2.45, 2.75) is 6.61 Å². The van der Waals surface area contributed by atoms with Gasteiger partial charge < -0.3 is 14.5 Å². The first kappa shape index (κ1) is 22.0. The Bertz CT molecular complexity index is 1450. The van der Waals surface area contributed by atoms with Crippen molar-refractivity contribution in [3.05, 3.63) is 114 Å². The van der Waals surface area contributed by atoms with Gasteiger partial charge in [0.2, 0.25) is 0 Å². The van der Waals surface area contributed by atoms with E-state index in [1.807, 2.05) is 0 Å². The summed E-state index contributed by atoms with van der Waals surface area (Å²) in [6.45, 7) is 0.130. The van der Waals surface area contributed by atoms with Crippen molar-refractivity contribution in [3.8, 4) is 23.1 Å². The summed E-state index contributed by atoms with van der Waals surface area (Å²) in [5.41, 5.74) is 2.41. The first-order chi connectivity index (χ1) is 17.0. The van der Waals surface area contributed by atoms with Crippen molar-refractivity contribution in [1.82, 2.24) is 14.8 Å². The second-order valence-electron chi connectivity index (χ2n) is 7.53. The SMILES string of the molecule is O=C(Nc1ccc(-n2nc(OCc3ccc(F)cc3)nc2-c2cccc(F)c2)cc1)c1ccco1. The lowest BCUT2D eigenvalue weighted by Gasteiger charge is -2.08. The van der Waals surface area contributed by atoms with Crippen LogP contribution in [0.5, 0.6) is 6.01 Å². The number of rotatable bonds is 7. The molecule has 0 bridgehead atoms. The molecule has 2 heterocycles. The number of furan rings is 1. The Balaban J connectivity index is 1.42. The van der Waals surface area contributed by atoms with E-state index in [-0.39, 0.29) is 30.1 Å². The Morgan fingerprint density at radius 1 is 0.943 bits per heavy atom. The van der Waals surface area contributed by atoms with E-state index in [4.69, 9.17) is 9.15 Å². The average Bonchev–Trinajstić information content (AvgIpc) is 3.55. The minimum Gasteiger partial charge on any atom is -0.459 e. The fraction of sp³-hybridized carbons (Fsp3) is 0.0385. The maximum absolute atomic E-state index is 13.9. The summed E-state index contributed by atoms with van der Waals surface area (Å²) in [4.78, 5) is 16.6. The van der Waals surface area contributed by atoms with Crippen LogP contribution in [0, 0.1) is 11.6 Å². The number of nitrogens with one attached hydrogen (secondary N) is 1. The lowest BCUT2D eigenvalue weighted by molar-refractivity contribution is 0.0996. The van der Waals surface area contributed by atoms with Crippen molar-refractivity contribution in [1.29, 1.82) is 0 Å². The Labute approximate surface area is 198 Å². The summed E-state index contributed by atoms with van der Waals surface area (Å²) < 4.78 is 39.4. The number of benzene rings is 3. The number of carbonyl (C=O) groups is 1. The predicted octanol–water partition coefficient (Wildman–Crippen LogP) is 5.64. The molecule has 0 saturated carbocycles. The standard InChI is InChI=1S/C26H18F2N4O3/c27-19-8-6-17(7-9-19)16-35-26-30-24(18-3-1-4-20(28)15-18)32(31-26)22-12-10-21(11-13-22)29-25(33)23-5-2-14-34-23/h1-15H,16H2,(H,29,33). The summed E-state index contributed by atoms with van der Waals surface area (Å²) in [6.07, 6.45) is 1.42. The molecule has 0 aliphatic carbocycles. The van der Waals surface area contributed by atoms with Crippen LogP contribution < -0.4 is 10.1 Å². The third-order valence-corrected chi connectivity index (χ3v) is 5.07. The highest BCUT2D eigenvalue weighted by Crippen LogP contribution is 2.25. The van der Waals surface area contributed by atoms with Gasteiger partial charge in [0.05, 0.1) is 12.0 Å². The topological polar surface area (TPSA) is 82.2 Å². The number of nitrogens with zero attached hydrogens (tertiary/aromatic N) is 3. The fourth-order valence-corrected chi connectivity index (χ4v) is 3.36. The number of hydrogen-bond acceptors (Lipinski definition) is 5. The first-order valence-corrected chi connectivity index (χ1v) is 10.6. The maximum atomic E-state index is 13.9. The van der Waals surface area contributed by atoms with E-state index in [0.29, 0.717) is 22.8 Å². The Morgan fingerprint density at radius 3 is 2.46 bits per heavy atom. The predicted molar refractivity (Wildman–Crippen MR) is 124 cm³/mol. The first-order valence-electron chi connectivity index (χ1n) is 10.6. The highest BCUT2D eigenvalue weighted by molar-refractivity contribution is 6.02. The van der Waals surface area contributed by atoms with Gasteiger partial charge in [-0.15, -0.1) is 5.10 Å². The molecular weight excluding hydrogens is 454 g/mol. The van der Waals surface area contributed by atoms with E-state index in [1.54, 1.807) is 60.7 Å². The molecule has 0 radical (unpaired) electrons. The van der Waals surface area contributed by atoms with Crippen LogP contribution in [0.4, 0.5) is 14.5 Å². The maximum Gasteiger partial charge on any atom is 0.336 e. The minimum atomic E-state index is -0.415. The monoisotopic (exact) mass is 472 g/mol. The van der Waals surface area contributed by atoms with Gasteiger partial charge in [0.15, 0.2) is 11.6 Å². The normalized spacial score (nSPS) is 10.8. The molecule has 0 spiro atoms. The largest absolute Gasteiger partial charge is 0.459 e. The number of halogens is 2. The summed E-state index contributed by atoms with van der Waals surface area (Å²) in [7, 11) is 0. The quantitative estimate of drug-likeness (QED) is 0.332.